The highest BCUT2D eigenvalue weighted by atomic mass is 32.2. The van der Waals surface area contributed by atoms with E-state index in [0.29, 0.717) is 37.3 Å². The zero-order valence-electron chi connectivity index (χ0n) is 13.8. The van der Waals surface area contributed by atoms with E-state index >= 15 is 0 Å². The zero-order valence-corrected chi connectivity index (χ0v) is 15.5. The fraction of sp³-hybridized carbons (Fsp3) is 0.0556. The molecule has 4 heterocycles. The third-order valence-corrected chi connectivity index (χ3v) is 5.00. The van der Waals surface area contributed by atoms with Gasteiger partial charge in [-0.05, 0) is 12.1 Å². The summed E-state index contributed by atoms with van der Waals surface area (Å²) in [6.45, 7) is 0. The Morgan fingerprint density at radius 2 is 2.22 bits per heavy atom. The molecule has 3 aromatic rings. The predicted octanol–water partition coefficient (Wildman–Crippen LogP) is 3.26. The summed E-state index contributed by atoms with van der Waals surface area (Å²) in [6, 6.07) is 5.52. The third-order valence-electron chi connectivity index (χ3n) is 3.83. The van der Waals surface area contributed by atoms with Crippen LogP contribution in [0.5, 0.6) is 5.88 Å². The van der Waals surface area contributed by atoms with Crippen LogP contribution < -0.4 is 10.1 Å². The Labute approximate surface area is 163 Å². The maximum Gasteiger partial charge on any atom is 0.263 e. The first-order valence-corrected chi connectivity index (χ1v) is 8.88. The topological polar surface area (TPSA) is 101 Å². The lowest BCUT2D eigenvalue weighted by atomic mass is 10.1. The monoisotopic (exact) mass is 394 g/mol. The van der Waals surface area contributed by atoms with Crippen molar-refractivity contribution in [1.82, 2.24) is 15.3 Å². The highest BCUT2D eigenvalue weighted by Crippen LogP contribution is 2.33. The van der Waals surface area contributed by atoms with Gasteiger partial charge in [-0.25, -0.2) is 4.98 Å². The van der Waals surface area contributed by atoms with Gasteiger partial charge in [-0.3, -0.25) is 9.78 Å². The Hall–Kier alpha value is -3.22. The standard InChI is InChI=1S/C18H10N4O3S2/c1-24-17-9(5-19)2-10(7-21-17)13-8-20-6-11-3-12(25-15(11)13)4-14-16(23)22-18(26)27-14/h2-4,6-8H,1H3,(H,22,23,26). The molecule has 0 radical (unpaired) electrons. The zero-order chi connectivity index (χ0) is 19.0. The van der Waals surface area contributed by atoms with Crippen molar-refractivity contribution in [2.45, 2.75) is 0 Å². The number of nitrogens with one attached hydrogen (secondary N) is 1. The van der Waals surface area contributed by atoms with Gasteiger partial charge in [-0.15, -0.1) is 0 Å². The Morgan fingerprint density at radius 1 is 1.37 bits per heavy atom. The van der Waals surface area contributed by atoms with Crippen molar-refractivity contribution in [3.05, 3.63) is 47.0 Å². The number of thiocarbonyl (C=S) groups is 1. The van der Waals surface area contributed by atoms with Crippen LogP contribution in [0.4, 0.5) is 0 Å². The van der Waals surface area contributed by atoms with Crippen LogP contribution in [0.2, 0.25) is 0 Å². The Balaban J connectivity index is 1.81. The molecule has 0 aromatic carbocycles. The number of furan rings is 1. The average molecular weight is 394 g/mol. The quantitative estimate of drug-likeness (QED) is 0.534. The predicted molar refractivity (Wildman–Crippen MR) is 105 cm³/mol. The minimum atomic E-state index is -0.248. The number of fused-ring (bicyclic) bond motifs is 1. The van der Waals surface area contributed by atoms with Crippen molar-refractivity contribution in [3.8, 4) is 23.1 Å². The number of hydrogen-bond acceptors (Lipinski definition) is 8. The van der Waals surface area contributed by atoms with Gasteiger partial charge in [0.1, 0.15) is 27.3 Å². The molecule has 1 N–H and O–H groups in total. The summed E-state index contributed by atoms with van der Waals surface area (Å²) >= 11 is 6.17. The van der Waals surface area contributed by atoms with Crippen LogP contribution in [0.15, 0.2) is 40.0 Å². The van der Waals surface area contributed by atoms with E-state index in [1.807, 2.05) is 0 Å². The average Bonchev–Trinajstić information content (AvgIpc) is 3.22. The van der Waals surface area contributed by atoms with Gasteiger partial charge in [0.2, 0.25) is 5.88 Å². The van der Waals surface area contributed by atoms with Crippen LogP contribution in [0, 0.1) is 11.3 Å². The van der Waals surface area contributed by atoms with E-state index in [1.165, 1.54) is 18.9 Å². The van der Waals surface area contributed by atoms with Crippen molar-refractivity contribution in [3.63, 3.8) is 0 Å². The molecule has 0 atom stereocenters. The van der Waals surface area contributed by atoms with E-state index in [0.717, 1.165) is 5.39 Å². The molecule has 0 spiro atoms. The number of methoxy groups -OCH3 is 1. The van der Waals surface area contributed by atoms with Gasteiger partial charge in [0.15, 0.2) is 0 Å². The molecule has 132 valence electrons. The number of thioether (sulfide) groups is 1. The molecule has 4 rings (SSSR count). The number of carbonyl (C=O) groups is 1. The Kier molecular flexibility index (Phi) is 4.35. The molecule has 27 heavy (non-hydrogen) atoms. The second kappa shape index (κ2) is 6.83. The molecule has 3 aromatic heterocycles. The summed E-state index contributed by atoms with van der Waals surface area (Å²) in [5.74, 6) is 0.511. The van der Waals surface area contributed by atoms with E-state index in [9.17, 15) is 10.1 Å². The van der Waals surface area contributed by atoms with E-state index in [4.69, 9.17) is 21.4 Å². The molecule has 0 saturated carbocycles. The number of pyridine rings is 2. The largest absolute Gasteiger partial charge is 0.480 e. The number of ether oxygens (including phenoxy) is 1. The number of aromatic nitrogens is 2. The lowest BCUT2D eigenvalue weighted by molar-refractivity contribution is -0.115. The van der Waals surface area contributed by atoms with E-state index in [-0.39, 0.29) is 11.8 Å². The minimum absolute atomic E-state index is 0.248. The summed E-state index contributed by atoms with van der Waals surface area (Å²) in [6.07, 6.45) is 6.53. The maximum absolute atomic E-state index is 11.8. The first kappa shape index (κ1) is 17.2. The van der Waals surface area contributed by atoms with Gasteiger partial charge < -0.3 is 14.5 Å². The molecule has 1 fully saturated rings. The molecular formula is C18H10N4O3S2. The molecule has 1 saturated heterocycles. The number of amides is 1. The van der Waals surface area contributed by atoms with E-state index < -0.39 is 0 Å². The molecule has 7 nitrogen and oxygen atoms in total. The second-order valence-corrected chi connectivity index (χ2v) is 7.22. The first-order valence-electron chi connectivity index (χ1n) is 7.66. The van der Waals surface area contributed by atoms with Gasteiger partial charge in [-0.2, -0.15) is 5.26 Å². The van der Waals surface area contributed by atoms with Crippen molar-refractivity contribution < 1.29 is 13.9 Å². The number of hydrogen-bond donors (Lipinski definition) is 1. The summed E-state index contributed by atoms with van der Waals surface area (Å²) in [5.41, 5.74) is 2.25. The number of rotatable bonds is 3. The fourth-order valence-corrected chi connectivity index (χ4v) is 3.68. The van der Waals surface area contributed by atoms with Crippen molar-refractivity contribution in [2.75, 3.05) is 7.11 Å². The minimum Gasteiger partial charge on any atom is -0.480 e. The molecule has 1 amide bonds. The first-order chi connectivity index (χ1) is 13.1. The molecule has 0 bridgehead atoms. The molecule has 1 aliphatic rings. The molecule has 0 aliphatic carbocycles. The van der Waals surface area contributed by atoms with E-state index in [1.54, 1.807) is 36.8 Å². The lowest BCUT2D eigenvalue weighted by Crippen LogP contribution is -2.17. The number of carbonyl (C=O) groups excluding carboxylic acids is 1. The number of nitrogens with zero attached hydrogens (tertiary/aromatic N) is 3. The highest BCUT2D eigenvalue weighted by Gasteiger charge is 2.23. The van der Waals surface area contributed by atoms with Gasteiger partial charge >= 0.3 is 0 Å². The van der Waals surface area contributed by atoms with Crippen LogP contribution in [0.3, 0.4) is 0 Å². The second-order valence-electron chi connectivity index (χ2n) is 5.50. The maximum atomic E-state index is 11.8. The van der Waals surface area contributed by atoms with Gasteiger partial charge in [0.25, 0.3) is 5.91 Å². The van der Waals surface area contributed by atoms with Gasteiger partial charge in [0.05, 0.1) is 12.0 Å². The fourth-order valence-electron chi connectivity index (χ4n) is 2.65. The van der Waals surface area contributed by atoms with Crippen LogP contribution >= 0.6 is 24.0 Å². The lowest BCUT2D eigenvalue weighted by Gasteiger charge is -2.05. The smallest absolute Gasteiger partial charge is 0.263 e. The Morgan fingerprint density at radius 3 is 2.93 bits per heavy atom. The number of nitriles is 1. The van der Waals surface area contributed by atoms with E-state index in [2.05, 4.69) is 21.4 Å². The van der Waals surface area contributed by atoms with Crippen LogP contribution in [-0.4, -0.2) is 27.3 Å². The summed E-state index contributed by atoms with van der Waals surface area (Å²) in [7, 11) is 1.46. The Bertz CT molecular complexity index is 1180. The van der Waals surface area contributed by atoms with Crippen LogP contribution in [0.25, 0.3) is 28.2 Å². The van der Waals surface area contributed by atoms with Crippen molar-refractivity contribution in [2.24, 2.45) is 0 Å². The SMILES string of the molecule is COc1ncc(-c2cncc3cc(C=C4SC(=S)NC4=O)oc23)cc1C#N. The molecule has 9 heteroatoms. The third kappa shape index (κ3) is 3.16. The van der Waals surface area contributed by atoms with Crippen molar-refractivity contribution >= 4 is 51.3 Å². The normalized spacial score (nSPS) is 15.2. The molecular weight excluding hydrogens is 384 g/mol. The van der Waals surface area contributed by atoms with Crippen LogP contribution in [-0.2, 0) is 4.79 Å². The van der Waals surface area contributed by atoms with Crippen molar-refractivity contribution in [1.29, 1.82) is 5.26 Å². The summed E-state index contributed by atoms with van der Waals surface area (Å²) < 4.78 is 11.4. The van der Waals surface area contributed by atoms with Crippen LogP contribution in [0.1, 0.15) is 11.3 Å². The molecule has 0 unspecified atom stereocenters. The molecule has 1 aliphatic heterocycles. The summed E-state index contributed by atoms with van der Waals surface area (Å²) in [5, 5.41) is 12.6. The van der Waals surface area contributed by atoms with Gasteiger partial charge in [0, 0.05) is 41.2 Å². The summed E-state index contributed by atoms with van der Waals surface area (Å²) in [4.78, 5) is 20.7. The van der Waals surface area contributed by atoms with Gasteiger partial charge in [-0.1, -0.05) is 24.0 Å². The highest BCUT2D eigenvalue weighted by molar-refractivity contribution is 8.26.